The number of fused-ring (bicyclic) bond motifs is 1. The fraction of sp³-hybridized carbons (Fsp3) is 0.400. The Kier molecular flexibility index (Phi) is 2.61. The van der Waals surface area contributed by atoms with Crippen LogP contribution in [0.15, 0.2) is 6.07 Å². The van der Waals surface area contributed by atoms with Gasteiger partial charge in [0.25, 0.3) is 0 Å². The number of H-pyrrole nitrogens is 1. The Hall–Kier alpha value is -0.320. The second-order valence-electron chi connectivity index (χ2n) is 4.03. The van der Waals surface area contributed by atoms with Gasteiger partial charge in [-0.15, -0.1) is 0 Å². The number of nitrogens with zero attached hydrogens (tertiary/aromatic N) is 2. The van der Waals surface area contributed by atoms with Gasteiger partial charge in [-0.3, -0.25) is 0 Å². The number of aromatic nitrogens is 3. The molecule has 6 heteroatoms. The Morgan fingerprint density at radius 3 is 2.94 bits per heavy atom. The SMILES string of the molecule is Clc1nc(Cl)c2cc(C3CC3CBr)[nH]c2n1. The molecule has 0 radical (unpaired) electrons. The summed E-state index contributed by atoms with van der Waals surface area (Å²) >= 11 is 15.3. The maximum atomic E-state index is 6.01. The molecule has 16 heavy (non-hydrogen) atoms. The Bertz CT molecular complexity index is 554. The molecular formula is C10H8BrCl2N3. The van der Waals surface area contributed by atoms with Crippen molar-refractivity contribution in [3.63, 3.8) is 0 Å². The van der Waals surface area contributed by atoms with Crippen LogP contribution in [0, 0.1) is 5.92 Å². The number of hydrogen-bond donors (Lipinski definition) is 1. The van der Waals surface area contributed by atoms with Crippen LogP contribution < -0.4 is 0 Å². The third-order valence-corrected chi connectivity index (χ3v) is 4.24. The molecule has 0 amide bonds. The smallest absolute Gasteiger partial charge is 0.225 e. The van der Waals surface area contributed by atoms with Crippen molar-refractivity contribution in [3.05, 3.63) is 22.2 Å². The van der Waals surface area contributed by atoms with Crippen molar-refractivity contribution in [2.75, 3.05) is 5.33 Å². The molecule has 0 bridgehead atoms. The summed E-state index contributed by atoms with van der Waals surface area (Å²) in [4.78, 5) is 11.3. The number of nitrogens with one attached hydrogen (secondary N) is 1. The van der Waals surface area contributed by atoms with Crippen LogP contribution >= 0.6 is 39.1 Å². The van der Waals surface area contributed by atoms with Crippen LogP contribution in [-0.4, -0.2) is 20.3 Å². The molecule has 0 aromatic carbocycles. The van der Waals surface area contributed by atoms with E-state index in [1.165, 1.54) is 12.1 Å². The molecule has 0 aliphatic heterocycles. The van der Waals surface area contributed by atoms with Crippen molar-refractivity contribution in [1.29, 1.82) is 0 Å². The molecule has 1 N–H and O–H groups in total. The van der Waals surface area contributed by atoms with E-state index in [1.54, 1.807) is 0 Å². The zero-order chi connectivity index (χ0) is 11.3. The second kappa shape index (κ2) is 3.86. The third-order valence-electron chi connectivity index (χ3n) is 2.95. The van der Waals surface area contributed by atoms with Gasteiger partial charge in [0.2, 0.25) is 5.28 Å². The van der Waals surface area contributed by atoms with Gasteiger partial charge in [0.05, 0.1) is 5.39 Å². The van der Waals surface area contributed by atoms with Crippen LogP contribution in [0.1, 0.15) is 18.0 Å². The molecule has 1 fully saturated rings. The van der Waals surface area contributed by atoms with Gasteiger partial charge in [0.1, 0.15) is 10.8 Å². The van der Waals surface area contributed by atoms with Crippen LogP contribution in [-0.2, 0) is 0 Å². The number of halogens is 3. The van der Waals surface area contributed by atoms with E-state index in [0.717, 1.165) is 22.3 Å². The minimum Gasteiger partial charge on any atom is -0.343 e. The van der Waals surface area contributed by atoms with Crippen LogP contribution in [0.4, 0.5) is 0 Å². The number of rotatable bonds is 2. The number of aromatic amines is 1. The molecule has 1 saturated carbocycles. The molecule has 2 heterocycles. The van der Waals surface area contributed by atoms with Crippen molar-refractivity contribution >= 4 is 50.2 Å². The van der Waals surface area contributed by atoms with Gasteiger partial charge in [-0.1, -0.05) is 27.5 Å². The minimum atomic E-state index is 0.179. The van der Waals surface area contributed by atoms with Crippen LogP contribution in [0.3, 0.4) is 0 Å². The average Bonchev–Trinajstić information content (AvgIpc) is 2.91. The average molecular weight is 321 g/mol. The standard InChI is InChI=1S/C10H8BrCl2N3/c11-3-4-1-5(4)7-2-6-8(12)15-10(13)16-9(6)14-7/h2,4-5H,1,3H2,(H,14,15,16). The highest BCUT2D eigenvalue weighted by Crippen LogP contribution is 2.48. The normalized spacial score (nSPS) is 23.9. The highest BCUT2D eigenvalue weighted by Gasteiger charge is 2.38. The predicted molar refractivity (Wildman–Crippen MR) is 68.6 cm³/mol. The lowest BCUT2D eigenvalue weighted by molar-refractivity contribution is 0.913. The summed E-state index contributed by atoms with van der Waals surface area (Å²) in [5, 5.41) is 2.47. The van der Waals surface area contributed by atoms with Gasteiger partial charge in [0, 0.05) is 16.9 Å². The summed E-state index contributed by atoms with van der Waals surface area (Å²) in [6.07, 6.45) is 1.21. The summed E-state index contributed by atoms with van der Waals surface area (Å²) in [6.45, 7) is 0. The van der Waals surface area contributed by atoms with Crippen LogP contribution in [0.25, 0.3) is 11.0 Å². The largest absolute Gasteiger partial charge is 0.343 e. The van der Waals surface area contributed by atoms with Crippen molar-refractivity contribution in [2.24, 2.45) is 5.92 Å². The van der Waals surface area contributed by atoms with E-state index in [9.17, 15) is 0 Å². The Balaban J connectivity index is 2.06. The molecule has 0 saturated heterocycles. The van der Waals surface area contributed by atoms with Gasteiger partial charge in [0.15, 0.2) is 0 Å². The van der Waals surface area contributed by atoms with Gasteiger partial charge in [-0.25, -0.2) is 4.98 Å². The summed E-state index contributed by atoms with van der Waals surface area (Å²) in [6, 6.07) is 2.03. The summed E-state index contributed by atoms with van der Waals surface area (Å²) in [5.74, 6) is 1.30. The monoisotopic (exact) mass is 319 g/mol. The van der Waals surface area contributed by atoms with Crippen molar-refractivity contribution in [3.8, 4) is 0 Å². The summed E-state index contributed by atoms with van der Waals surface area (Å²) < 4.78 is 0. The fourth-order valence-electron chi connectivity index (χ4n) is 1.97. The summed E-state index contributed by atoms with van der Waals surface area (Å²) in [5.41, 5.74) is 1.90. The first kappa shape index (κ1) is 10.8. The van der Waals surface area contributed by atoms with Crippen molar-refractivity contribution in [1.82, 2.24) is 15.0 Å². The quantitative estimate of drug-likeness (QED) is 0.520. The Labute approximate surface area is 111 Å². The number of hydrogen-bond acceptors (Lipinski definition) is 2. The predicted octanol–water partition coefficient (Wildman–Crippen LogP) is 3.76. The maximum Gasteiger partial charge on any atom is 0.225 e. The van der Waals surface area contributed by atoms with E-state index < -0.39 is 0 Å². The van der Waals surface area contributed by atoms with Crippen LogP contribution in [0.2, 0.25) is 10.4 Å². The lowest BCUT2D eigenvalue weighted by atomic mass is 10.2. The molecule has 2 unspecified atom stereocenters. The second-order valence-corrected chi connectivity index (χ2v) is 5.37. The van der Waals surface area contributed by atoms with E-state index in [1.807, 2.05) is 6.07 Å². The van der Waals surface area contributed by atoms with E-state index in [4.69, 9.17) is 23.2 Å². The third kappa shape index (κ3) is 1.73. The lowest BCUT2D eigenvalue weighted by Crippen LogP contribution is -1.85. The molecule has 1 aliphatic carbocycles. The minimum absolute atomic E-state index is 0.179. The summed E-state index contributed by atoms with van der Waals surface area (Å²) in [7, 11) is 0. The number of alkyl halides is 1. The Morgan fingerprint density at radius 1 is 1.44 bits per heavy atom. The first-order valence-electron chi connectivity index (χ1n) is 4.96. The molecule has 3 rings (SSSR count). The van der Waals surface area contributed by atoms with Gasteiger partial charge in [-0.05, 0) is 30.0 Å². The van der Waals surface area contributed by atoms with Gasteiger partial charge >= 0.3 is 0 Å². The zero-order valence-electron chi connectivity index (χ0n) is 8.17. The first-order chi connectivity index (χ1) is 7.69. The molecule has 2 aromatic heterocycles. The Morgan fingerprint density at radius 2 is 2.25 bits per heavy atom. The zero-order valence-corrected chi connectivity index (χ0v) is 11.3. The fourth-order valence-corrected chi connectivity index (χ4v) is 3.12. The molecule has 84 valence electrons. The van der Waals surface area contributed by atoms with E-state index >= 15 is 0 Å². The highest BCUT2D eigenvalue weighted by atomic mass is 79.9. The molecular weight excluding hydrogens is 313 g/mol. The van der Waals surface area contributed by atoms with Crippen molar-refractivity contribution < 1.29 is 0 Å². The van der Waals surface area contributed by atoms with Gasteiger partial charge in [-0.2, -0.15) is 4.98 Å². The van der Waals surface area contributed by atoms with Crippen molar-refractivity contribution in [2.45, 2.75) is 12.3 Å². The molecule has 3 nitrogen and oxygen atoms in total. The highest BCUT2D eigenvalue weighted by molar-refractivity contribution is 9.09. The van der Waals surface area contributed by atoms with Crippen LogP contribution in [0.5, 0.6) is 0 Å². The van der Waals surface area contributed by atoms with E-state index in [-0.39, 0.29) is 5.28 Å². The lowest BCUT2D eigenvalue weighted by Gasteiger charge is -1.92. The molecule has 2 atom stereocenters. The first-order valence-corrected chi connectivity index (χ1v) is 6.84. The molecule has 1 aliphatic rings. The van der Waals surface area contributed by atoms with Gasteiger partial charge < -0.3 is 4.98 Å². The van der Waals surface area contributed by atoms with E-state index in [0.29, 0.717) is 11.1 Å². The molecule has 2 aromatic rings. The van der Waals surface area contributed by atoms with E-state index in [2.05, 4.69) is 30.9 Å². The topological polar surface area (TPSA) is 41.6 Å². The maximum absolute atomic E-state index is 6.01. The molecule has 0 spiro atoms.